The maximum Gasteiger partial charge on any atom is 0.0383 e. The zero-order valence-corrected chi connectivity index (χ0v) is 13.5. The summed E-state index contributed by atoms with van der Waals surface area (Å²) in [7, 11) is 0. The molecule has 3 atom stereocenters. The Morgan fingerprint density at radius 2 is 1.74 bits per heavy atom. The highest BCUT2D eigenvalue weighted by atomic mass is 127. The van der Waals surface area contributed by atoms with Crippen LogP contribution < -0.4 is 5.32 Å². The van der Waals surface area contributed by atoms with Crippen molar-refractivity contribution in [3.05, 3.63) is 35.9 Å². The first-order valence-corrected chi connectivity index (χ1v) is 8.77. The Morgan fingerprint density at radius 1 is 1.05 bits per heavy atom. The largest absolute Gasteiger partial charge is 0.308 e. The standard InChI is InChI=1S/C17H22IN/c18-17-9-13-6-14(10-17)8-15(7-13)16(17)19-11-12-4-2-1-3-5-12/h1-5,13-16,19H,6-11H2. The number of nitrogens with one attached hydrogen (secondary N) is 1. The van der Waals surface area contributed by atoms with E-state index in [4.69, 9.17) is 0 Å². The lowest BCUT2D eigenvalue weighted by Crippen LogP contribution is -2.62. The van der Waals surface area contributed by atoms with Gasteiger partial charge in [0.15, 0.2) is 0 Å². The smallest absolute Gasteiger partial charge is 0.0383 e. The van der Waals surface area contributed by atoms with Gasteiger partial charge in [-0.25, -0.2) is 0 Å². The van der Waals surface area contributed by atoms with Gasteiger partial charge in [-0.3, -0.25) is 0 Å². The van der Waals surface area contributed by atoms with Crippen LogP contribution in [0.15, 0.2) is 30.3 Å². The molecule has 4 aliphatic rings. The molecule has 0 aliphatic heterocycles. The molecule has 0 amide bonds. The van der Waals surface area contributed by atoms with Crippen molar-refractivity contribution in [2.24, 2.45) is 17.8 Å². The van der Waals surface area contributed by atoms with Crippen LogP contribution in [0.3, 0.4) is 0 Å². The first kappa shape index (κ1) is 12.6. The summed E-state index contributed by atoms with van der Waals surface area (Å²) < 4.78 is 0.557. The minimum Gasteiger partial charge on any atom is -0.308 e. The molecule has 2 heteroatoms. The Balaban J connectivity index is 1.49. The molecule has 1 aromatic carbocycles. The Bertz CT molecular complexity index is 444. The topological polar surface area (TPSA) is 12.0 Å². The molecule has 1 aromatic rings. The second-order valence-electron chi connectivity index (χ2n) is 6.99. The van der Waals surface area contributed by atoms with E-state index in [9.17, 15) is 0 Å². The summed E-state index contributed by atoms with van der Waals surface area (Å²) in [6, 6.07) is 11.6. The van der Waals surface area contributed by atoms with Gasteiger partial charge in [0.2, 0.25) is 0 Å². The quantitative estimate of drug-likeness (QED) is 0.625. The molecule has 3 unspecified atom stereocenters. The predicted molar refractivity (Wildman–Crippen MR) is 87.4 cm³/mol. The molecule has 5 rings (SSSR count). The van der Waals surface area contributed by atoms with Gasteiger partial charge < -0.3 is 5.32 Å². The molecular formula is C17H22IN. The fourth-order valence-electron chi connectivity index (χ4n) is 5.11. The molecule has 0 saturated heterocycles. The highest BCUT2D eigenvalue weighted by Gasteiger charge is 2.55. The number of alkyl halides is 1. The van der Waals surface area contributed by atoms with E-state index in [1.165, 1.54) is 37.7 Å². The van der Waals surface area contributed by atoms with Crippen LogP contribution in [0, 0.1) is 17.8 Å². The SMILES string of the molecule is IC12CC3CC(CC(C3)C1NCc1ccccc1)C2. The maximum atomic E-state index is 3.91. The third-order valence-corrected chi connectivity index (χ3v) is 7.14. The summed E-state index contributed by atoms with van der Waals surface area (Å²) in [6.45, 7) is 1.04. The summed E-state index contributed by atoms with van der Waals surface area (Å²) in [5, 5.41) is 3.91. The number of rotatable bonds is 3. The van der Waals surface area contributed by atoms with Crippen LogP contribution in [-0.4, -0.2) is 9.46 Å². The van der Waals surface area contributed by atoms with Crippen LogP contribution in [0.1, 0.15) is 37.7 Å². The van der Waals surface area contributed by atoms with Crippen molar-refractivity contribution >= 4 is 22.6 Å². The monoisotopic (exact) mass is 367 g/mol. The van der Waals surface area contributed by atoms with E-state index in [-0.39, 0.29) is 0 Å². The van der Waals surface area contributed by atoms with Crippen LogP contribution in [0.2, 0.25) is 0 Å². The molecule has 19 heavy (non-hydrogen) atoms. The van der Waals surface area contributed by atoms with Gasteiger partial charge in [0.05, 0.1) is 0 Å². The lowest BCUT2D eigenvalue weighted by molar-refractivity contribution is 0.0121. The number of hydrogen-bond donors (Lipinski definition) is 1. The van der Waals surface area contributed by atoms with E-state index in [2.05, 4.69) is 58.2 Å². The van der Waals surface area contributed by atoms with Gasteiger partial charge in [0.25, 0.3) is 0 Å². The third-order valence-electron chi connectivity index (χ3n) is 5.59. The van der Waals surface area contributed by atoms with Crippen LogP contribution in [0.5, 0.6) is 0 Å². The van der Waals surface area contributed by atoms with Crippen molar-refractivity contribution in [3.63, 3.8) is 0 Å². The highest BCUT2D eigenvalue weighted by molar-refractivity contribution is 14.1. The van der Waals surface area contributed by atoms with Gasteiger partial charge in [-0.15, -0.1) is 0 Å². The molecular weight excluding hydrogens is 345 g/mol. The molecule has 1 nitrogen and oxygen atoms in total. The number of benzene rings is 1. The summed E-state index contributed by atoms with van der Waals surface area (Å²) in [5.41, 5.74) is 1.43. The molecule has 0 heterocycles. The Labute approximate surface area is 129 Å². The lowest BCUT2D eigenvalue weighted by atomic mass is 9.54. The maximum absolute atomic E-state index is 3.91. The summed E-state index contributed by atoms with van der Waals surface area (Å²) in [6.07, 6.45) is 7.45. The molecule has 102 valence electrons. The molecule has 0 spiro atoms. The van der Waals surface area contributed by atoms with Crippen LogP contribution in [0.25, 0.3) is 0 Å². The first-order chi connectivity index (χ1) is 9.23. The van der Waals surface area contributed by atoms with E-state index < -0.39 is 0 Å². The zero-order valence-electron chi connectivity index (χ0n) is 11.3. The fraction of sp³-hybridized carbons (Fsp3) is 0.647. The highest BCUT2D eigenvalue weighted by Crippen LogP contribution is 2.59. The van der Waals surface area contributed by atoms with Gasteiger partial charge in [-0.05, 0) is 55.4 Å². The second kappa shape index (κ2) is 4.73. The number of hydrogen-bond acceptors (Lipinski definition) is 1. The second-order valence-corrected chi connectivity index (χ2v) is 9.13. The summed E-state index contributed by atoms with van der Waals surface area (Å²) in [5.74, 6) is 3.04. The van der Waals surface area contributed by atoms with Crippen molar-refractivity contribution in [1.82, 2.24) is 5.32 Å². The van der Waals surface area contributed by atoms with E-state index in [0.717, 1.165) is 30.3 Å². The minimum absolute atomic E-state index is 0.557. The molecule has 0 aromatic heterocycles. The molecule has 4 fully saturated rings. The first-order valence-electron chi connectivity index (χ1n) is 7.69. The van der Waals surface area contributed by atoms with Crippen molar-refractivity contribution in [3.8, 4) is 0 Å². The predicted octanol–water partition coefficient (Wildman–Crippen LogP) is 4.16. The molecule has 1 N–H and O–H groups in total. The third kappa shape index (κ3) is 2.25. The van der Waals surface area contributed by atoms with Gasteiger partial charge >= 0.3 is 0 Å². The lowest BCUT2D eigenvalue weighted by Gasteiger charge is -2.59. The molecule has 4 bridgehead atoms. The minimum atomic E-state index is 0.557. The van der Waals surface area contributed by atoms with Crippen molar-refractivity contribution < 1.29 is 0 Å². The Kier molecular flexibility index (Phi) is 3.14. The van der Waals surface area contributed by atoms with Gasteiger partial charge in [0.1, 0.15) is 0 Å². The van der Waals surface area contributed by atoms with Gasteiger partial charge in [-0.1, -0.05) is 52.9 Å². The summed E-state index contributed by atoms with van der Waals surface area (Å²) >= 11 is 2.81. The molecule has 0 radical (unpaired) electrons. The average Bonchev–Trinajstić information content (AvgIpc) is 2.37. The van der Waals surface area contributed by atoms with Crippen molar-refractivity contribution in [2.45, 2.75) is 48.1 Å². The Morgan fingerprint density at radius 3 is 2.37 bits per heavy atom. The van der Waals surface area contributed by atoms with E-state index in [1.807, 2.05) is 0 Å². The molecule has 4 aliphatic carbocycles. The van der Waals surface area contributed by atoms with Crippen molar-refractivity contribution in [2.75, 3.05) is 0 Å². The average molecular weight is 367 g/mol. The Hall–Kier alpha value is -0.0900. The number of halogens is 1. The van der Waals surface area contributed by atoms with Crippen LogP contribution in [-0.2, 0) is 6.54 Å². The van der Waals surface area contributed by atoms with Gasteiger partial charge in [-0.2, -0.15) is 0 Å². The van der Waals surface area contributed by atoms with E-state index in [1.54, 1.807) is 0 Å². The molecule has 4 saturated carbocycles. The van der Waals surface area contributed by atoms with Crippen molar-refractivity contribution in [1.29, 1.82) is 0 Å². The van der Waals surface area contributed by atoms with E-state index >= 15 is 0 Å². The normalized spacial score (nSPS) is 43.6. The van der Waals surface area contributed by atoms with Gasteiger partial charge in [0, 0.05) is 16.0 Å². The van der Waals surface area contributed by atoms with Crippen LogP contribution >= 0.6 is 22.6 Å². The van der Waals surface area contributed by atoms with Crippen LogP contribution in [0.4, 0.5) is 0 Å². The fourth-order valence-corrected chi connectivity index (χ4v) is 7.09. The summed E-state index contributed by atoms with van der Waals surface area (Å²) in [4.78, 5) is 0. The van der Waals surface area contributed by atoms with E-state index in [0.29, 0.717) is 3.42 Å². The zero-order chi connectivity index (χ0) is 12.9.